The summed E-state index contributed by atoms with van der Waals surface area (Å²) in [5.41, 5.74) is 0.521. The van der Waals surface area contributed by atoms with E-state index in [2.05, 4.69) is 15.3 Å². The third-order valence-electron chi connectivity index (χ3n) is 2.14. The van der Waals surface area contributed by atoms with Crippen molar-refractivity contribution in [3.8, 4) is 0 Å². The van der Waals surface area contributed by atoms with Gasteiger partial charge >= 0.3 is 5.69 Å². The Morgan fingerprint density at radius 2 is 2.25 bits per heavy atom. The normalized spacial score (nSPS) is 10.1. The average Bonchev–Trinajstić information content (AvgIpc) is 2.26. The molecular formula is C10H16N4O2. The van der Waals surface area contributed by atoms with Crippen molar-refractivity contribution >= 4 is 11.6 Å². The molecule has 0 saturated heterocycles. The standard InChI is InChI=1S/C10H16N4O2/c1-3-5-6-8-9(14(15)16)7-12-10(13-8)11-4-2/h7H,3-6H2,1-2H3,(H,11,12,13). The van der Waals surface area contributed by atoms with E-state index in [1.165, 1.54) is 6.20 Å². The highest BCUT2D eigenvalue weighted by atomic mass is 16.6. The largest absolute Gasteiger partial charge is 0.354 e. The summed E-state index contributed by atoms with van der Waals surface area (Å²) in [6.45, 7) is 4.67. The lowest BCUT2D eigenvalue weighted by Gasteiger charge is -2.04. The first kappa shape index (κ1) is 12.4. The number of unbranched alkanes of at least 4 members (excludes halogenated alkanes) is 1. The molecule has 0 radical (unpaired) electrons. The molecule has 1 rings (SSSR count). The van der Waals surface area contributed by atoms with Crippen molar-refractivity contribution in [1.29, 1.82) is 0 Å². The van der Waals surface area contributed by atoms with Crippen LogP contribution in [0.4, 0.5) is 11.6 Å². The molecule has 0 bridgehead atoms. The minimum absolute atomic E-state index is 0.00935. The van der Waals surface area contributed by atoms with Gasteiger partial charge in [-0.05, 0) is 19.8 Å². The molecule has 1 aromatic heterocycles. The molecule has 16 heavy (non-hydrogen) atoms. The van der Waals surface area contributed by atoms with Crippen LogP contribution in [-0.4, -0.2) is 21.4 Å². The summed E-state index contributed by atoms with van der Waals surface area (Å²) in [7, 11) is 0. The number of rotatable bonds is 6. The minimum atomic E-state index is -0.430. The second-order valence-electron chi connectivity index (χ2n) is 3.42. The number of aromatic nitrogens is 2. The lowest BCUT2D eigenvalue weighted by Crippen LogP contribution is -2.06. The van der Waals surface area contributed by atoms with Gasteiger partial charge in [-0.15, -0.1) is 0 Å². The molecule has 0 amide bonds. The second kappa shape index (κ2) is 5.99. The monoisotopic (exact) mass is 224 g/mol. The van der Waals surface area contributed by atoms with E-state index in [0.29, 0.717) is 24.6 Å². The van der Waals surface area contributed by atoms with Crippen LogP contribution in [0.15, 0.2) is 6.20 Å². The van der Waals surface area contributed by atoms with E-state index in [1.807, 2.05) is 13.8 Å². The molecule has 0 atom stereocenters. The topological polar surface area (TPSA) is 81.0 Å². The van der Waals surface area contributed by atoms with Gasteiger partial charge in [-0.1, -0.05) is 13.3 Å². The van der Waals surface area contributed by atoms with Crippen molar-refractivity contribution in [2.75, 3.05) is 11.9 Å². The first-order valence-corrected chi connectivity index (χ1v) is 5.43. The van der Waals surface area contributed by atoms with E-state index in [0.717, 1.165) is 12.8 Å². The zero-order chi connectivity index (χ0) is 12.0. The molecule has 0 aliphatic heterocycles. The summed E-state index contributed by atoms with van der Waals surface area (Å²) in [5.74, 6) is 0.458. The number of nitro groups is 1. The van der Waals surface area contributed by atoms with Gasteiger partial charge in [-0.25, -0.2) is 9.97 Å². The molecule has 6 heteroatoms. The SMILES string of the molecule is CCCCc1nc(NCC)ncc1[N+](=O)[O-]. The Hall–Kier alpha value is -1.72. The van der Waals surface area contributed by atoms with Gasteiger partial charge in [-0.3, -0.25) is 10.1 Å². The molecule has 1 heterocycles. The quantitative estimate of drug-likeness (QED) is 0.591. The van der Waals surface area contributed by atoms with E-state index in [-0.39, 0.29) is 5.69 Å². The highest BCUT2D eigenvalue weighted by Crippen LogP contribution is 2.18. The summed E-state index contributed by atoms with van der Waals surface area (Å²) in [6, 6.07) is 0. The third-order valence-corrected chi connectivity index (χ3v) is 2.14. The number of aryl methyl sites for hydroxylation is 1. The van der Waals surface area contributed by atoms with Gasteiger partial charge in [0.05, 0.1) is 4.92 Å². The van der Waals surface area contributed by atoms with Gasteiger partial charge in [0.1, 0.15) is 11.9 Å². The number of nitrogens with zero attached hydrogens (tertiary/aromatic N) is 3. The van der Waals surface area contributed by atoms with Crippen molar-refractivity contribution in [3.63, 3.8) is 0 Å². The van der Waals surface area contributed by atoms with Crippen LogP contribution in [0.25, 0.3) is 0 Å². The van der Waals surface area contributed by atoms with Crippen molar-refractivity contribution in [2.24, 2.45) is 0 Å². The van der Waals surface area contributed by atoms with Crippen molar-refractivity contribution in [2.45, 2.75) is 33.1 Å². The van der Waals surface area contributed by atoms with Gasteiger partial charge in [0.15, 0.2) is 0 Å². The molecule has 6 nitrogen and oxygen atoms in total. The molecule has 1 aromatic rings. The zero-order valence-electron chi connectivity index (χ0n) is 9.56. The summed E-state index contributed by atoms with van der Waals surface area (Å²) in [5, 5.41) is 13.7. The fourth-order valence-corrected chi connectivity index (χ4v) is 1.33. The van der Waals surface area contributed by atoms with Gasteiger partial charge < -0.3 is 5.32 Å². The Bertz CT molecular complexity index is 368. The molecule has 0 unspecified atom stereocenters. The van der Waals surface area contributed by atoms with Crippen LogP contribution in [0.3, 0.4) is 0 Å². The van der Waals surface area contributed by atoms with Crippen LogP contribution in [-0.2, 0) is 6.42 Å². The van der Waals surface area contributed by atoms with Gasteiger partial charge in [0.25, 0.3) is 0 Å². The van der Waals surface area contributed by atoms with Crippen molar-refractivity contribution in [1.82, 2.24) is 9.97 Å². The number of anilines is 1. The first-order valence-electron chi connectivity index (χ1n) is 5.43. The predicted octanol–water partition coefficient (Wildman–Crippen LogP) is 2.16. The van der Waals surface area contributed by atoms with Crippen LogP contribution in [0, 0.1) is 10.1 Å². The molecule has 0 aromatic carbocycles. The molecule has 0 aliphatic carbocycles. The lowest BCUT2D eigenvalue weighted by molar-refractivity contribution is -0.386. The van der Waals surface area contributed by atoms with E-state index in [1.54, 1.807) is 0 Å². The van der Waals surface area contributed by atoms with Gasteiger partial charge in [0, 0.05) is 6.54 Å². The molecule has 0 aliphatic rings. The summed E-state index contributed by atoms with van der Waals surface area (Å²) in [4.78, 5) is 18.4. The van der Waals surface area contributed by atoms with Crippen molar-refractivity contribution < 1.29 is 4.92 Å². The van der Waals surface area contributed by atoms with Crippen LogP contribution < -0.4 is 5.32 Å². The Labute approximate surface area is 94.3 Å². The maximum Gasteiger partial charge on any atom is 0.309 e. The van der Waals surface area contributed by atoms with Crippen LogP contribution >= 0.6 is 0 Å². The molecule has 1 N–H and O–H groups in total. The molecule has 0 saturated carbocycles. The third kappa shape index (κ3) is 3.15. The van der Waals surface area contributed by atoms with Crippen molar-refractivity contribution in [3.05, 3.63) is 22.0 Å². The van der Waals surface area contributed by atoms with E-state index < -0.39 is 4.92 Å². The summed E-state index contributed by atoms with van der Waals surface area (Å²) in [6.07, 6.45) is 3.77. The second-order valence-corrected chi connectivity index (χ2v) is 3.42. The van der Waals surface area contributed by atoms with E-state index in [4.69, 9.17) is 0 Å². The Morgan fingerprint density at radius 1 is 1.50 bits per heavy atom. The Kier molecular flexibility index (Phi) is 4.63. The predicted molar refractivity (Wildman–Crippen MR) is 61.5 cm³/mol. The molecular weight excluding hydrogens is 208 g/mol. The molecule has 88 valence electrons. The fraction of sp³-hybridized carbons (Fsp3) is 0.600. The smallest absolute Gasteiger partial charge is 0.309 e. The van der Waals surface area contributed by atoms with Crippen LogP contribution in [0.1, 0.15) is 32.4 Å². The van der Waals surface area contributed by atoms with Crippen LogP contribution in [0.5, 0.6) is 0 Å². The Morgan fingerprint density at radius 3 is 2.81 bits per heavy atom. The molecule has 0 spiro atoms. The minimum Gasteiger partial charge on any atom is -0.354 e. The lowest BCUT2D eigenvalue weighted by atomic mass is 10.2. The zero-order valence-corrected chi connectivity index (χ0v) is 9.56. The Balaban J connectivity index is 2.95. The average molecular weight is 224 g/mol. The fourth-order valence-electron chi connectivity index (χ4n) is 1.33. The molecule has 0 fully saturated rings. The van der Waals surface area contributed by atoms with Gasteiger partial charge in [-0.2, -0.15) is 0 Å². The number of nitrogens with one attached hydrogen (secondary N) is 1. The van der Waals surface area contributed by atoms with E-state index in [9.17, 15) is 10.1 Å². The number of hydrogen-bond donors (Lipinski definition) is 1. The highest BCUT2D eigenvalue weighted by molar-refractivity contribution is 5.38. The first-order chi connectivity index (χ1) is 7.69. The summed E-state index contributed by atoms with van der Waals surface area (Å²) >= 11 is 0. The van der Waals surface area contributed by atoms with Crippen LogP contribution in [0.2, 0.25) is 0 Å². The van der Waals surface area contributed by atoms with E-state index >= 15 is 0 Å². The maximum absolute atomic E-state index is 10.8. The summed E-state index contributed by atoms with van der Waals surface area (Å²) < 4.78 is 0. The number of hydrogen-bond acceptors (Lipinski definition) is 5. The highest BCUT2D eigenvalue weighted by Gasteiger charge is 2.16. The van der Waals surface area contributed by atoms with Gasteiger partial charge in [0.2, 0.25) is 5.95 Å². The maximum atomic E-state index is 10.8.